The van der Waals surface area contributed by atoms with Crippen molar-refractivity contribution in [2.45, 2.75) is 38.9 Å². The van der Waals surface area contributed by atoms with Gasteiger partial charge < -0.3 is 10.1 Å². The van der Waals surface area contributed by atoms with Gasteiger partial charge >= 0.3 is 5.97 Å². The molecule has 6 nitrogen and oxygen atoms in total. The van der Waals surface area contributed by atoms with Crippen molar-refractivity contribution in [3.63, 3.8) is 0 Å². The first-order chi connectivity index (χ1) is 12.0. The molecule has 3 rings (SSSR count). The topological polar surface area (TPSA) is 69.0 Å². The standard InChI is InChI=1S/C18H22N4O2S/c1-5-24-16(23)14-12(4)19-17-20-18(25-6-2)21-22(17)15(14)13-9-7-11(3)8-10-13/h7-10,15H,5-6H2,1-4H3,(H,19,20,21). The van der Waals surface area contributed by atoms with Crippen LogP contribution in [-0.2, 0) is 9.53 Å². The van der Waals surface area contributed by atoms with Gasteiger partial charge in [0.1, 0.15) is 6.04 Å². The van der Waals surface area contributed by atoms with Crippen molar-refractivity contribution in [2.24, 2.45) is 0 Å². The van der Waals surface area contributed by atoms with Crippen LogP contribution in [0.2, 0.25) is 0 Å². The number of anilines is 1. The number of aryl methyl sites for hydroxylation is 1. The number of rotatable bonds is 5. The second kappa shape index (κ2) is 7.31. The van der Waals surface area contributed by atoms with E-state index in [9.17, 15) is 4.79 Å². The summed E-state index contributed by atoms with van der Waals surface area (Å²) in [6.07, 6.45) is 0. The molecular formula is C18H22N4O2S. The van der Waals surface area contributed by atoms with Gasteiger partial charge in [0, 0.05) is 5.70 Å². The molecule has 0 fully saturated rings. The zero-order chi connectivity index (χ0) is 18.0. The van der Waals surface area contributed by atoms with Crippen molar-refractivity contribution in [3.05, 3.63) is 46.7 Å². The zero-order valence-corrected chi connectivity index (χ0v) is 15.7. The Morgan fingerprint density at radius 3 is 2.64 bits per heavy atom. The minimum absolute atomic E-state index is 0.330. The normalized spacial score (nSPS) is 16.4. The highest BCUT2D eigenvalue weighted by Gasteiger charge is 2.35. The van der Waals surface area contributed by atoms with Gasteiger partial charge in [0.25, 0.3) is 0 Å². The molecule has 0 aliphatic carbocycles. The number of thioether (sulfide) groups is 1. The van der Waals surface area contributed by atoms with Crippen LogP contribution in [0.25, 0.3) is 0 Å². The number of hydrogen-bond acceptors (Lipinski definition) is 6. The van der Waals surface area contributed by atoms with Crippen molar-refractivity contribution < 1.29 is 9.53 Å². The third-order valence-corrected chi connectivity index (χ3v) is 4.71. The smallest absolute Gasteiger partial charge is 0.338 e. The number of allylic oxidation sites excluding steroid dienone is 1. The van der Waals surface area contributed by atoms with E-state index in [2.05, 4.69) is 22.3 Å². The molecule has 0 bridgehead atoms. The highest BCUT2D eigenvalue weighted by Crippen LogP contribution is 2.36. The molecule has 0 spiro atoms. The molecule has 1 aliphatic heterocycles. The molecule has 2 aromatic rings. The van der Waals surface area contributed by atoms with E-state index >= 15 is 0 Å². The first-order valence-electron chi connectivity index (χ1n) is 8.36. The van der Waals surface area contributed by atoms with E-state index in [1.54, 1.807) is 16.4 Å². The number of nitrogens with one attached hydrogen (secondary N) is 1. The summed E-state index contributed by atoms with van der Waals surface area (Å²) in [6, 6.07) is 7.77. The number of ether oxygens (including phenoxy) is 1. The van der Waals surface area contributed by atoms with Crippen LogP contribution in [0.5, 0.6) is 0 Å². The van der Waals surface area contributed by atoms with Gasteiger partial charge in [-0.2, -0.15) is 4.98 Å². The molecule has 0 amide bonds. The Kier molecular flexibility index (Phi) is 5.13. The second-order valence-electron chi connectivity index (χ2n) is 5.79. The van der Waals surface area contributed by atoms with E-state index in [0.29, 0.717) is 23.3 Å². The monoisotopic (exact) mass is 358 g/mol. The third kappa shape index (κ3) is 3.42. The van der Waals surface area contributed by atoms with Crippen molar-refractivity contribution in [3.8, 4) is 0 Å². The number of hydrogen-bond donors (Lipinski definition) is 1. The summed E-state index contributed by atoms with van der Waals surface area (Å²) in [5.74, 6) is 1.20. The molecular weight excluding hydrogens is 336 g/mol. The Morgan fingerprint density at radius 2 is 2.00 bits per heavy atom. The van der Waals surface area contributed by atoms with Crippen LogP contribution in [-0.4, -0.2) is 33.1 Å². The van der Waals surface area contributed by atoms with E-state index < -0.39 is 0 Å². The van der Waals surface area contributed by atoms with Gasteiger partial charge in [-0.3, -0.25) is 0 Å². The molecule has 25 heavy (non-hydrogen) atoms. The van der Waals surface area contributed by atoms with Crippen LogP contribution in [0, 0.1) is 6.92 Å². The summed E-state index contributed by atoms with van der Waals surface area (Å²) in [5, 5.41) is 8.50. The maximum Gasteiger partial charge on any atom is 0.338 e. The number of fused-ring (bicyclic) bond motifs is 1. The Morgan fingerprint density at radius 1 is 1.28 bits per heavy atom. The zero-order valence-electron chi connectivity index (χ0n) is 14.9. The third-order valence-electron chi connectivity index (χ3n) is 4.00. The molecule has 0 radical (unpaired) electrons. The Hall–Kier alpha value is -2.28. The van der Waals surface area contributed by atoms with Gasteiger partial charge in [-0.1, -0.05) is 48.5 Å². The lowest BCUT2D eigenvalue weighted by molar-refractivity contribution is -0.139. The molecule has 1 aliphatic rings. The number of carbonyl (C=O) groups is 1. The Bertz CT molecular complexity index is 811. The highest BCUT2D eigenvalue weighted by molar-refractivity contribution is 7.99. The lowest BCUT2D eigenvalue weighted by atomic mass is 9.95. The van der Waals surface area contributed by atoms with Crippen LogP contribution in [0.15, 0.2) is 40.7 Å². The fraction of sp³-hybridized carbons (Fsp3) is 0.389. The molecule has 7 heteroatoms. The van der Waals surface area contributed by atoms with Crippen LogP contribution in [0.1, 0.15) is 37.9 Å². The fourth-order valence-corrected chi connectivity index (χ4v) is 3.41. The van der Waals surface area contributed by atoms with Crippen LogP contribution in [0.3, 0.4) is 0 Å². The molecule has 1 aromatic carbocycles. The quantitative estimate of drug-likeness (QED) is 0.651. The molecule has 132 valence electrons. The fourth-order valence-electron chi connectivity index (χ4n) is 2.85. The SMILES string of the molecule is CCOC(=O)C1=C(C)Nc2nc(SCC)nn2C1c1ccc(C)cc1. The van der Waals surface area contributed by atoms with Gasteiger partial charge in [0.2, 0.25) is 11.1 Å². The van der Waals surface area contributed by atoms with E-state index in [1.165, 1.54) is 0 Å². The number of esters is 1. The van der Waals surface area contributed by atoms with E-state index in [1.807, 2.05) is 45.0 Å². The highest BCUT2D eigenvalue weighted by atomic mass is 32.2. The number of carbonyl (C=O) groups excluding carboxylic acids is 1. The summed E-state index contributed by atoms with van der Waals surface area (Å²) in [7, 11) is 0. The van der Waals surface area contributed by atoms with Crippen molar-refractivity contribution in [1.82, 2.24) is 14.8 Å². The van der Waals surface area contributed by atoms with Crippen molar-refractivity contribution in [2.75, 3.05) is 17.7 Å². The van der Waals surface area contributed by atoms with Crippen LogP contribution >= 0.6 is 11.8 Å². The van der Waals surface area contributed by atoms with Crippen molar-refractivity contribution in [1.29, 1.82) is 0 Å². The molecule has 1 aromatic heterocycles. The second-order valence-corrected chi connectivity index (χ2v) is 7.02. The maximum atomic E-state index is 12.6. The molecule has 1 N–H and O–H groups in total. The van der Waals surface area contributed by atoms with Gasteiger partial charge in [0.05, 0.1) is 12.2 Å². The largest absolute Gasteiger partial charge is 0.463 e. The lowest BCUT2D eigenvalue weighted by Crippen LogP contribution is -2.29. The first-order valence-corrected chi connectivity index (χ1v) is 9.34. The molecule has 2 heterocycles. The molecule has 0 saturated heterocycles. The Balaban J connectivity index is 2.12. The van der Waals surface area contributed by atoms with Gasteiger partial charge in [-0.05, 0) is 32.1 Å². The van der Waals surface area contributed by atoms with Crippen LogP contribution in [0.4, 0.5) is 5.95 Å². The van der Waals surface area contributed by atoms with Crippen LogP contribution < -0.4 is 5.32 Å². The van der Waals surface area contributed by atoms with Gasteiger partial charge in [-0.15, -0.1) is 5.10 Å². The molecule has 1 unspecified atom stereocenters. The molecule has 1 atom stereocenters. The van der Waals surface area contributed by atoms with E-state index in [0.717, 1.165) is 22.6 Å². The van der Waals surface area contributed by atoms with Crippen molar-refractivity contribution >= 4 is 23.7 Å². The summed E-state index contributed by atoms with van der Waals surface area (Å²) in [6.45, 7) is 8.11. The minimum atomic E-state index is -0.352. The minimum Gasteiger partial charge on any atom is -0.463 e. The number of aromatic nitrogens is 3. The lowest BCUT2D eigenvalue weighted by Gasteiger charge is -2.28. The molecule has 0 saturated carbocycles. The predicted octanol–water partition coefficient (Wildman–Crippen LogP) is 3.55. The van der Waals surface area contributed by atoms with Gasteiger partial charge in [0.15, 0.2) is 0 Å². The maximum absolute atomic E-state index is 12.6. The summed E-state index contributed by atoms with van der Waals surface area (Å²) in [4.78, 5) is 17.2. The number of benzene rings is 1. The summed E-state index contributed by atoms with van der Waals surface area (Å²) >= 11 is 1.57. The van der Waals surface area contributed by atoms with E-state index in [-0.39, 0.29) is 12.0 Å². The summed E-state index contributed by atoms with van der Waals surface area (Å²) < 4.78 is 7.07. The number of nitrogens with zero attached hydrogens (tertiary/aromatic N) is 3. The first kappa shape index (κ1) is 17.5. The predicted molar refractivity (Wildman–Crippen MR) is 98.7 cm³/mol. The average Bonchev–Trinajstić information content (AvgIpc) is 2.97. The van der Waals surface area contributed by atoms with Gasteiger partial charge in [-0.25, -0.2) is 9.48 Å². The Labute approximate surface area is 151 Å². The van der Waals surface area contributed by atoms with E-state index in [4.69, 9.17) is 4.74 Å². The summed E-state index contributed by atoms with van der Waals surface area (Å²) in [5.41, 5.74) is 3.46. The average molecular weight is 358 g/mol.